The topological polar surface area (TPSA) is 73.2 Å². The van der Waals surface area contributed by atoms with Gasteiger partial charge >= 0.3 is 6.09 Å². The third kappa shape index (κ3) is 5.21. The number of alkyl carbamates (subject to hydrolysis) is 1. The molecule has 6 nitrogen and oxygen atoms in total. The summed E-state index contributed by atoms with van der Waals surface area (Å²) < 4.78 is 6.49. The summed E-state index contributed by atoms with van der Waals surface area (Å²) in [5, 5.41) is 9.01. The van der Waals surface area contributed by atoms with Gasteiger partial charge in [-0.15, -0.1) is 11.3 Å². The summed E-state index contributed by atoms with van der Waals surface area (Å²) in [6.45, 7) is 7.97. The molecule has 0 aliphatic heterocycles. The van der Waals surface area contributed by atoms with Crippen LogP contribution in [0.25, 0.3) is 10.6 Å². The van der Waals surface area contributed by atoms with Crippen molar-refractivity contribution in [1.82, 2.24) is 15.1 Å². The zero-order valence-electron chi connectivity index (χ0n) is 13.8. The van der Waals surface area contributed by atoms with Gasteiger partial charge in [0.1, 0.15) is 11.3 Å². The van der Waals surface area contributed by atoms with Crippen molar-refractivity contribution in [3.05, 3.63) is 39.5 Å². The van der Waals surface area contributed by atoms with E-state index in [2.05, 4.69) is 10.4 Å². The van der Waals surface area contributed by atoms with Crippen molar-refractivity contribution in [3.8, 4) is 10.6 Å². The molecule has 1 amide bonds. The first kappa shape index (κ1) is 17.2. The molecule has 2 aromatic rings. The molecule has 2 rings (SSSR count). The average molecular weight is 335 g/mol. The molecule has 1 N–H and O–H groups in total. The highest BCUT2D eigenvalue weighted by atomic mass is 32.1. The molecule has 2 heterocycles. The van der Waals surface area contributed by atoms with E-state index in [1.54, 1.807) is 38.2 Å². The maximum Gasteiger partial charge on any atom is 0.407 e. The summed E-state index contributed by atoms with van der Waals surface area (Å²) >= 11 is 1.58. The van der Waals surface area contributed by atoms with E-state index in [0.29, 0.717) is 0 Å². The van der Waals surface area contributed by atoms with Gasteiger partial charge in [-0.3, -0.25) is 4.79 Å². The second kappa shape index (κ2) is 6.95. The van der Waals surface area contributed by atoms with Crippen LogP contribution in [0.4, 0.5) is 4.79 Å². The highest BCUT2D eigenvalue weighted by molar-refractivity contribution is 7.13. The SMILES string of the molecule is Cc1csc(-c2ccc(=O)n(CCNC(=O)OC(C)(C)C)n2)c1. The van der Waals surface area contributed by atoms with E-state index in [4.69, 9.17) is 4.74 Å². The second-order valence-electron chi connectivity index (χ2n) is 6.20. The Balaban J connectivity index is 2.00. The number of aromatic nitrogens is 2. The summed E-state index contributed by atoms with van der Waals surface area (Å²) in [5.41, 5.74) is 1.17. The van der Waals surface area contributed by atoms with Crippen LogP contribution in [0.3, 0.4) is 0 Å². The summed E-state index contributed by atoms with van der Waals surface area (Å²) in [5.74, 6) is 0. The smallest absolute Gasteiger partial charge is 0.407 e. The first-order chi connectivity index (χ1) is 10.7. The quantitative estimate of drug-likeness (QED) is 0.932. The van der Waals surface area contributed by atoms with E-state index in [1.165, 1.54) is 10.7 Å². The number of nitrogens with zero attached hydrogens (tertiary/aromatic N) is 2. The molecule has 7 heteroatoms. The standard InChI is InChI=1S/C16H21N3O3S/c1-11-9-13(23-10-11)12-5-6-14(20)19(18-12)8-7-17-15(21)22-16(2,3)4/h5-6,9-10H,7-8H2,1-4H3,(H,17,21). The number of carbonyl (C=O) groups excluding carboxylic acids is 1. The number of aryl methyl sites for hydroxylation is 1. The molecule has 0 atom stereocenters. The Morgan fingerprint density at radius 2 is 2.13 bits per heavy atom. The maximum atomic E-state index is 11.9. The number of hydrogen-bond acceptors (Lipinski definition) is 5. The van der Waals surface area contributed by atoms with E-state index in [-0.39, 0.29) is 18.6 Å². The molecule has 0 bridgehead atoms. The van der Waals surface area contributed by atoms with Crippen molar-refractivity contribution >= 4 is 17.4 Å². The van der Waals surface area contributed by atoms with Gasteiger partial charge in [0, 0.05) is 12.6 Å². The minimum atomic E-state index is -0.546. The van der Waals surface area contributed by atoms with Crippen LogP contribution in [0, 0.1) is 6.92 Å². The molecule has 0 radical (unpaired) electrons. The van der Waals surface area contributed by atoms with Crippen molar-refractivity contribution < 1.29 is 9.53 Å². The van der Waals surface area contributed by atoms with Crippen molar-refractivity contribution in [2.45, 2.75) is 39.8 Å². The fraction of sp³-hybridized carbons (Fsp3) is 0.438. The molecule has 124 valence electrons. The van der Waals surface area contributed by atoms with Crippen LogP contribution in [0.5, 0.6) is 0 Å². The van der Waals surface area contributed by atoms with Gasteiger partial charge in [0.2, 0.25) is 0 Å². The molecule has 0 aliphatic carbocycles. The van der Waals surface area contributed by atoms with E-state index < -0.39 is 11.7 Å². The molecular formula is C16H21N3O3S. The lowest BCUT2D eigenvalue weighted by Gasteiger charge is -2.19. The third-order valence-electron chi connectivity index (χ3n) is 2.84. The fourth-order valence-corrected chi connectivity index (χ4v) is 2.75. The Labute approximate surface area is 139 Å². The van der Waals surface area contributed by atoms with Crippen molar-refractivity contribution in [2.75, 3.05) is 6.54 Å². The number of ether oxygens (including phenoxy) is 1. The number of rotatable bonds is 4. The fourth-order valence-electron chi connectivity index (χ4n) is 1.88. The normalized spacial score (nSPS) is 11.3. The van der Waals surface area contributed by atoms with Gasteiger partial charge in [-0.1, -0.05) is 0 Å². The molecule has 0 spiro atoms. The van der Waals surface area contributed by atoms with Crippen LogP contribution in [0.2, 0.25) is 0 Å². The van der Waals surface area contributed by atoms with Gasteiger partial charge in [-0.2, -0.15) is 5.10 Å². The van der Waals surface area contributed by atoms with Crippen LogP contribution in [-0.4, -0.2) is 28.0 Å². The summed E-state index contributed by atoms with van der Waals surface area (Å²) in [7, 11) is 0. The van der Waals surface area contributed by atoms with Gasteiger partial charge in [-0.25, -0.2) is 9.48 Å². The van der Waals surface area contributed by atoms with Crippen molar-refractivity contribution in [3.63, 3.8) is 0 Å². The Morgan fingerprint density at radius 1 is 1.39 bits per heavy atom. The van der Waals surface area contributed by atoms with Crippen molar-refractivity contribution in [1.29, 1.82) is 0 Å². The van der Waals surface area contributed by atoms with Crippen LogP contribution < -0.4 is 10.9 Å². The van der Waals surface area contributed by atoms with Gasteiger partial charge in [-0.05, 0) is 50.8 Å². The Hall–Kier alpha value is -2.15. The molecule has 0 aromatic carbocycles. The molecule has 2 aromatic heterocycles. The lowest BCUT2D eigenvalue weighted by molar-refractivity contribution is 0.0525. The largest absolute Gasteiger partial charge is 0.444 e. The predicted molar refractivity (Wildman–Crippen MR) is 90.8 cm³/mol. The number of thiophene rings is 1. The van der Waals surface area contributed by atoms with E-state index in [1.807, 2.05) is 18.4 Å². The lowest BCUT2D eigenvalue weighted by atomic mass is 10.2. The minimum Gasteiger partial charge on any atom is -0.444 e. The zero-order chi connectivity index (χ0) is 17.0. The summed E-state index contributed by atoms with van der Waals surface area (Å²) in [6.07, 6.45) is -0.504. The molecule has 0 fully saturated rings. The minimum absolute atomic E-state index is 0.201. The predicted octanol–water partition coefficient (Wildman–Crippen LogP) is 2.80. The van der Waals surface area contributed by atoms with Crippen molar-refractivity contribution in [2.24, 2.45) is 0 Å². The second-order valence-corrected chi connectivity index (χ2v) is 7.11. The summed E-state index contributed by atoms with van der Waals surface area (Å²) in [6, 6.07) is 5.23. The number of hydrogen-bond donors (Lipinski definition) is 1. The van der Waals surface area contributed by atoms with E-state index in [0.717, 1.165) is 16.1 Å². The van der Waals surface area contributed by atoms with Crippen LogP contribution in [0.1, 0.15) is 26.3 Å². The highest BCUT2D eigenvalue weighted by Gasteiger charge is 2.15. The maximum absolute atomic E-state index is 11.9. The van der Waals surface area contributed by atoms with Crippen LogP contribution in [-0.2, 0) is 11.3 Å². The first-order valence-corrected chi connectivity index (χ1v) is 8.23. The van der Waals surface area contributed by atoms with Gasteiger partial charge in [0.25, 0.3) is 5.56 Å². The van der Waals surface area contributed by atoms with Gasteiger partial charge in [0.15, 0.2) is 0 Å². The Kier molecular flexibility index (Phi) is 5.20. The Bertz CT molecular complexity index is 744. The van der Waals surface area contributed by atoms with E-state index in [9.17, 15) is 9.59 Å². The first-order valence-electron chi connectivity index (χ1n) is 7.35. The van der Waals surface area contributed by atoms with Crippen LogP contribution >= 0.6 is 11.3 Å². The third-order valence-corrected chi connectivity index (χ3v) is 3.91. The number of carbonyl (C=O) groups is 1. The monoisotopic (exact) mass is 335 g/mol. The van der Waals surface area contributed by atoms with E-state index >= 15 is 0 Å². The van der Waals surface area contributed by atoms with Gasteiger partial charge < -0.3 is 10.1 Å². The lowest BCUT2D eigenvalue weighted by Crippen LogP contribution is -2.36. The molecular weight excluding hydrogens is 314 g/mol. The molecule has 0 aliphatic rings. The molecule has 23 heavy (non-hydrogen) atoms. The molecule has 0 unspecified atom stereocenters. The van der Waals surface area contributed by atoms with Gasteiger partial charge in [0.05, 0.1) is 11.4 Å². The number of amides is 1. The zero-order valence-corrected chi connectivity index (χ0v) is 14.6. The highest BCUT2D eigenvalue weighted by Crippen LogP contribution is 2.24. The molecule has 0 saturated heterocycles. The average Bonchev–Trinajstić information content (AvgIpc) is 2.85. The summed E-state index contributed by atoms with van der Waals surface area (Å²) in [4.78, 5) is 24.5. The Morgan fingerprint density at radius 3 is 2.74 bits per heavy atom. The molecule has 0 saturated carbocycles. The number of nitrogens with one attached hydrogen (secondary N) is 1. The van der Waals surface area contributed by atoms with Crippen LogP contribution in [0.15, 0.2) is 28.4 Å².